The maximum absolute atomic E-state index is 12.9. The highest BCUT2D eigenvalue weighted by atomic mass is 19.4. The Hall–Kier alpha value is -3.02. The lowest BCUT2D eigenvalue weighted by Crippen LogP contribution is -2.41. The molecule has 144 valence electrons. The van der Waals surface area contributed by atoms with Gasteiger partial charge in [-0.2, -0.15) is 18.4 Å². The van der Waals surface area contributed by atoms with E-state index < -0.39 is 23.9 Å². The van der Waals surface area contributed by atoms with E-state index in [1.54, 1.807) is 0 Å². The highest BCUT2D eigenvalue weighted by molar-refractivity contribution is 5.43. The first kappa shape index (κ1) is 18.3. The van der Waals surface area contributed by atoms with Crippen LogP contribution in [0.5, 0.6) is 0 Å². The lowest BCUT2D eigenvalue weighted by molar-refractivity contribution is -0.137. The fraction of sp³-hybridized carbons (Fsp3) is 0.250. The van der Waals surface area contributed by atoms with Gasteiger partial charge in [0.2, 0.25) is 5.88 Å². The fourth-order valence-electron chi connectivity index (χ4n) is 3.92. The van der Waals surface area contributed by atoms with Crippen LogP contribution in [-0.2, 0) is 10.9 Å². The SMILES string of the molecule is N#CC1=C(N)OC2NNC(c3ccccc3)C2C1c1ccc(C(F)(F)F)cc1. The zero-order chi connectivity index (χ0) is 19.9. The van der Waals surface area contributed by atoms with Gasteiger partial charge in [-0.15, -0.1) is 0 Å². The molecule has 28 heavy (non-hydrogen) atoms. The molecule has 1 saturated heterocycles. The number of hydrogen-bond acceptors (Lipinski definition) is 5. The van der Waals surface area contributed by atoms with Crippen molar-refractivity contribution >= 4 is 0 Å². The molecule has 4 atom stereocenters. The van der Waals surface area contributed by atoms with Crippen LogP contribution in [0.1, 0.15) is 28.7 Å². The summed E-state index contributed by atoms with van der Waals surface area (Å²) in [5, 5.41) is 9.67. The molecule has 4 unspecified atom stereocenters. The van der Waals surface area contributed by atoms with Gasteiger partial charge in [-0.3, -0.25) is 0 Å². The quantitative estimate of drug-likeness (QED) is 0.738. The second-order valence-corrected chi connectivity index (χ2v) is 6.78. The van der Waals surface area contributed by atoms with E-state index in [0.29, 0.717) is 5.56 Å². The minimum atomic E-state index is -4.42. The monoisotopic (exact) mass is 386 g/mol. The lowest BCUT2D eigenvalue weighted by Gasteiger charge is -2.36. The van der Waals surface area contributed by atoms with Crippen LogP contribution in [0.2, 0.25) is 0 Å². The van der Waals surface area contributed by atoms with Gasteiger partial charge in [-0.1, -0.05) is 42.5 Å². The van der Waals surface area contributed by atoms with E-state index in [4.69, 9.17) is 10.5 Å². The first-order valence-corrected chi connectivity index (χ1v) is 8.69. The van der Waals surface area contributed by atoms with Gasteiger partial charge in [0.05, 0.1) is 17.2 Å². The minimum absolute atomic E-state index is 0.0170. The first-order valence-electron chi connectivity index (χ1n) is 8.69. The number of alkyl halides is 3. The summed E-state index contributed by atoms with van der Waals surface area (Å²) in [6.07, 6.45) is -4.94. The van der Waals surface area contributed by atoms with E-state index in [0.717, 1.165) is 17.7 Å². The molecular weight excluding hydrogens is 369 g/mol. The fourth-order valence-corrected chi connectivity index (χ4v) is 3.92. The molecule has 4 rings (SSSR count). The normalized spacial score (nSPS) is 27.1. The molecule has 0 aromatic heterocycles. The van der Waals surface area contributed by atoms with Crippen molar-refractivity contribution in [3.63, 3.8) is 0 Å². The third-order valence-corrected chi connectivity index (χ3v) is 5.21. The van der Waals surface area contributed by atoms with E-state index in [1.807, 2.05) is 30.3 Å². The molecule has 0 saturated carbocycles. The summed E-state index contributed by atoms with van der Waals surface area (Å²) < 4.78 is 44.5. The summed E-state index contributed by atoms with van der Waals surface area (Å²) in [6.45, 7) is 0. The highest BCUT2D eigenvalue weighted by Gasteiger charge is 2.49. The number of nitriles is 1. The van der Waals surface area contributed by atoms with Gasteiger partial charge in [0, 0.05) is 11.8 Å². The lowest BCUT2D eigenvalue weighted by atomic mass is 9.74. The van der Waals surface area contributed by atoms with Gasteiger partial charge in [-0.05, 0) is 23.3 Å². The third kappa shape index (κ3) is 3.09. The molecule has 0 amide bonds. The average molecular weight is 386 g/mol. The number of nitrogens with one attached hydrogen (secondary N) is 2. The number of fused-ring (bicyclic) bond motifs is 1. The van der Waals surface area contributed by atoms with Crippen molar-refractivity contribution in [3.8, 4) is 6.07 Å². The molecule has 4 N–H and O–H groups in total. The molecule has 2 heterocycles. The Balaban J connectivity index is 1.79. The van der Waals surface area contributed by atoms with Gasteiger partial charge in [0.25, 0.3) is 0 Å². The third-order valence-electron chi connectivity index (χ3n) is 5.21. The summed E-state index contributed by atoms with van der Waals surface area (Å²) in [4.78, 5) is 0. The van der Waals surface area contributed by atoms with E-state index in [1.165, 1.54) is 12.1 Å². The van der Waals surface area contributed by atoms with E-state index >= 15 is 0 Å². The van der Waals surface area contributed by atoms with Crippen LogP contribution in [0.25, 0.3) is 0 Å². The van der Waals surface area contributed by atoms with Gasteiger partial charge in [0.1, 0.15) is 6.07 Å². The molecule has 0 aliphatic carbocycles. The predicted molar refractivity (Wildman–Crippen MR) is 94.8 cm³/mol. The Morgan fingerprint density at radius 1 is 0.964 bits per heavy atom. The largest absolute Gasteiger partial charge is 0.458 e. The number of ether oxygens (including phenoxy) is 1. The maximum atomic E-state index is 12.9. The van der Waals surface area contributed by atoms with Crippen molar-refractivity contribution in [2.45, 2.75) is 24.4 Å². The van der Waals surface area contributed by atoms with Crippen LogP contribution in [0.3, 0.4) is 0 Å². The van der Waals surface area contributed by atoms with Crippen LogP contribution < -0.4 is 16.6 Å². The number of rotatable bonds is 2. The average Bonchev–Trinajstić information content (AvgIpc) is 3.10. The van der Waals surface area contributed by atoms with Crippen molar-refractivity contribution in [1.29, 1.82) is 5.26 Å². The zero-order valence-electron chi connectivity index (χ0n) is 14.6. The molecule has 2 aliphatic heterocycles. The van der Waals surface area contributed by atoms with Crippen molar-refractivity contribution in [1.82, 2.24) is 10.9 Å². The second-order valence-electron chi connectivity index (χ2n) is 6.78. The van der Waals surface area contributed by atoms with Crippen LogP contribution >= 0.6 is 0 Å². The van der Waals surface area contributed by atoms with Gasteiger partial charge >= 0.3 is 6.18 Å². The summed E-state index contributed by atoms with van der Waals surface area (Å²) >= 11 is 0. The Morgan fingerprint density at radius 2 is 1.64 bits per heavy atom. The second kappa shape index (κ2) is 6.86. The number of hydrogen-bond donors (Lipinski definition) is 3. The Kier molecular flexibility index (Phi) is 4.49. The predicted octanol–water partition coefficient (Wildman–Crippen LogP) is 3.30. The molecule has 0 spiro atoms. The molecular formula is C20H17F3N4O. The molecule has 0 radical (unpaired) electrons. The summed E-state index contributed by atoms with van der Waals surface area (Å²) in [7, 11) is 0. The number of benzene rings is 2. The number of nitrogens with two attached hydrogens (primary N) is 1. The number of hydrazine groups is 1. The number of nitrogens with zero attached hydrogens (tertiary/aromatic N) is 1. The van der Waals surface area contributed by atoms with Crippen molar-refractivity contribution in [2.24, 2.45) is 11.7 Å². The summed E-state index contributed by atoms with van der Waals surface area (Å²) in [6, 6.07) is 16.3. The van der Waals surface area contributed by atoms with Crippen molar-refractivity contribution < 1.29 is 17.9 Å². The topological polar surface area (TPSA) is 83.1 Å². The molecule has 2 aromatic rings. The van der Waals surface area contributed by atoms with Gasteiger partial charge < -0.3 is 10.5 Å². The molecule has 2 aromatic carbocycles. The Labute approximate surface area is 159 Å². The van der Waals surface area contributed by atoms with Crippen LogP contribution in [0.4, 0.5) is 13.2 Å². The van der Waals surface area contributed by atoms with Crippen LogP contribution in [0, 0.1) is 17.2 Å². The summed E-state index contributed by atoms with van der Waals surface area (Å²) in [5.74, 6) is -0.809. The Morgan fingerprint density at radius 3 is 2.25 bits per heavy atom. The van der Waals surface area contributed by atoms with Crippen LogP contribution in [0.15, 0.2) is 66.1 Å². The number of allylic oxidation sites excluding steroid dienone is 1. The minimum Gasteiger partial charge on any atom is -0.458 e. The first-order chi connectivity index (χ1) is 13.4. The van der Waals surface area contributed by atoms with Crippen LogP contribution in [-0.4, -0.2) is 6.23 Å². The van der Waals surface area contributed by atoms with Crippen molar-refractivity contribution in [2.75, 3.05) is 0 Å². The smallest absolute Gasteiger partial charge is 0.416 e. The molecule has 1 fully saturated rings. The molecule has 8 heteroatoms. The van der Waals surface area contributed by atoms with E-state index in [2.05, 4.69) is 16.9 Å². The maximum Gasteiger partial charge on any atom is 0.416 e. The van der Waals surface area contributed by atoms with E-state index in [9.17, 15) is 18.4 Å². The van der Waals surface area contributed by atoms with Gasteiger partial charge in [-0.25, -0.2) is 10.9 Å². The number of halogens is 3. The van der Waals surface area contributed by atoms with Gasteiger partial charge in [0.15, 0.2) is 6.23 Å². The Bertz CT molecular complexity index is 935. The molecule has 0 bridgehead atoms. The summed E-state index contributed by atoms with van der Waals surface area (Å²) in [5.41, 5.74) is 13.2. The zero-order valence-corrected chi connectivity index (χ0v) is 14.6. The standard InChI is InChI=1S/C20H17F3N4O/c21-20(22,23)13-8-6-11(7-9-13)15-14(10-24)18(25)28-19-16(15)17(26-27-19)12-4-2-1-3-5-12/h1-9,15-17,19,26-27H,25H2. The molecule has 2 aliphatic rings. The highest BCUT2D eigenvalue weighted by Crippen LogP contribution is 2.47. The van der Waals surface area contributed by atoms with E-state index in [-0.39, 0.29) is 23.4 Å². The van der Waals surface area contributed by atoms with Crippen molar-refractivity contribution in [3.05, 3.63) is 82.7 Å². The molecule has 5 nitrogen and oxygen atoms in total.